The van der Waals surface area contributed by atoms with Crippen LogP contribution in [0.2, 0.25) is 0 Å². The van der Waals surface area contributed by atoms with Crippen LogP contribution in [0.15, 0.2) is 60.7 Å². The number of hydrogen-bond acceptors (Lipinski definition) is 8. The minimum Gasteiger partial charge on any atom is -0.449 e. The van der Waals surface area contributed by atoms with E-state index < -0.39 is 6.09 Å². The summed E-state index contributed by atoms with van der Waals surface area (Å²) < 4.78 is 27.3. The molecule has 0 bridgehead atoms. The summed E-state index contributed by atoms with van der Waals surface area (Å²) in [5, 5.41) is 2.78. The van der Waals surface area contributed by atoms with Gasteiger partial charge in [0.25, 0.3) is 11.8 Å². The Morgan fingerprint density at radius 1 is 0.700 bits per heavy atom. The third-order valence-electron chi connectivity index (χ3n) is 6.55. The molecule has 1 aliphatic carbocycles. The van der Waals surface area contributed by atoms with Gasteiger partial charge in [-0.05, 0) is 28.7 Å². The van der Waals surface area contributed by atoms with Crippen LogP contribution in [0.1, 0.15) is 23.5 Å². The lowest BCUT2D eigenvalue weighted by Crippen LogP contribution is -2.33. The largest absolute Gasteiger partial charge is 0.449 e. The first-order valence-corrected chi connectivity index (χ1v) is 13.6. The number of amides is 3. The number of ether oxygens (including phenoxy) is 5. The van der Waals surface area contributed by atoms with Crippen LogP contribution in [0, 0.1) is 0 Å². The molecule has 0 spiro atoms. The number of hydrogen-bond donors (Lipinski definition) is 1. The molecule has 0 saturated carbocycles. The smallest absolute Gasteiger partial charge is 0.407 e. The van der Waals surface area contributed by atoms with Crippen molar-refractivity contribution in [3.63, 3.8) is 0 Å². The summed E-state index contributed by atoms with van der Waals surface area (Å²) >= 11 is 0. The Morgan fingerprint density at radius 3 is 1.77 bits per heavy atom. The number of rotatable bonds is 18. The molecule has 214 valence electrons. The summed E-state index contributed by atoms with van der Waals surface area (Å²) in [6, 6.07) is 16.5. The van der Waals surface area contributed by atoms with Crippen molar-refractivity contribution < 1.29 is 38.1 Å². The zero-order valence-corrected chi connectivity index (χ0v) is 22.5. The van der Waals surface area contributed by atoms with Crippen molar-refractivity contribution in [2.75, 3.05) is 72.6 Å². The van der Waals surface area contributed by atoms with Gasteiger partial charge in [-0.3, -0.25) is 14.5 Å². The van der Waals surface area contributed by atoms with Crippen molar-refractivity contribution in [1.82, 2.24) is 10.2 Å². The lowest BCUT2D eigenvalue weighted by Gasteiger charge is -2.14. The molecular formula is C30H36N2O8. The van der Waals surface area contributed by atoms with E-state index in [2.05, 4.69) is 29.6 Å². The molecule has 0 radical (unpaired) electrons. The van der Waals surface area contributed by atoms with Crippen LogP contribution >= 0.6 is 0 Å². The number of fused-ring (bicyclic) bond motifs is 3. The van der Waals surface area contributed by atoms with Crippen molar-refractivity contribution in [2.24, 2.45) is 0 Å². The van der Waals surface area contributed by atoms with E-state index in [0.29, 0.717) is 65.8 Å². The van der Waals surface area contributed by atoms with Gasteiger partial charge >= 0.3 is 6.09 Å². The van der Waals surface area contributed by atoms with Gasteiger partial charge in [0, 0.05) is 31.2 Å². The first-order chi connectivity index (χ1) is 19.6. The molecule has 0 unspecified atom stereocenters. The van der Waals surface area contributed by atoms with Crippen molar-refractivity contribution in [3.8, 4) is 11.1 Å². The van der Waals surface area contributed by atoms with Gasteiger partial charge in [-0.25, -0.2) is 4.79 Å². The monoisotopic (exact) mass is 552 g/mol. The van der Waals surface area contributed by atoms with Crippen LogP contribution < -0.4 is 5.32 Å². The van der Waals surface area contributed by atoms with Gasteiger partial charge < -0.3 is 29.0 Å². The normalized spacial score (nSPS) is 14.1. The van der Waals surface area contributed by atoms with E-state index in [4.69, 9.17) is 23.7 Å². The highest BCUT2D eigenvalue weighted by Gasteiger charge is 2.29. The second-order valence-electron chi connectivity index (χ2n) is 9.22. The number of alkyl carbamates (subject to hydrolysis) is 1. The van der Waals surface area contributed by atoms with Gasteiger partial charge in [0.15, 0.2) is 0 Å². The molecule has 10 heteroatoms. The Hall–Kier alpha value is -3.57. The lowest BCUT2D eigenvalue weighted by molar-refractivity contribution is -0.137. The quantitative estimate of drug-likeness (QED) is 0.222. The molecule has 1 heterocycles. The predicted molar refractivity (Wildman–Crippen MR) is 147 cm³/mol. The lowest BCUT2D eigenvalue weighted by atomic mass is 9.98. The number of imide groups is 1. The Morgan fingerprint density at radius 2 is 1.20 bits per heavy atom. The Labute approximate surface area is 234 Å². The maximum atomic E-state index is 12.2. The number of carbonyl (C=O) groups is 3. The molecule has 4 rings (SSSR count). The zero-order valence-electron chi connectivity index (χ0n) is 22.5. The predicted octanol–water partition coefficient (Wildman–Crippen LogP) is 2.91. The van der Waals surface area contributed by atoms with Gasteiger partial charge in [0.1, 0.15) is 6.61 Å². The standard InChI is InChI=1S/C30H36N2O8/c33-28-10-11-29(34)32(28)13-15-37-17-19-39-21-20-38-18-16-36-14-5-12-31-30(35)40-22-27-25-8-3-1-6-23(25)24-7-2-4-9-26(24)27/h1-4,6-11,27H,5,12-22H2,(H,31,35). The van der Waals surface area contributed by atoms with Gasteiger partial charge in [-0.15, -0.1) is 0 Å². The molecule has 0 atom stereocenters. The van der Waals surface area contributed by atoms with E-state index in [9.17, 15) is 14.4 Å². The topological polar surface area (TPSA) is 113 Å². The van der Waals surface area contributed by atoms with E-state index in [0.717, 1.165) is 4.90 Å². The first kappa shape index (κ1) is 29.4. The van der Waals surface area contributed by atoms with Crippen LogP contribution in [-0.4, -0.2) is 95.4 Å². The van der Waals surface area contributed by atoms with Gasteiger partial charge in [-0.2, -0.15) is 0 Å². The third-order valence-corrected chi connectivity index (χ3v) is 6.55. The molecule has 2 aromatic carbocycles. The van der Waals surface area contributed by atoms with Crippen molar-refractivity contribution >= 4 is 17.9 Å². The van der Waals surface area contributed by atoms with E-state index >= 15 is 0 Å². The first-order valence-electron chi connectivity index (χ1n) is 13.6. The zero-order chi connectivity index (χ0) is 28.0. The molecule has 1 N–H and O–H groups in total. The van der Waals surface area contributed by atoms with Crippen LogP contribution in [0.4, 0.5) is 4.79 Å². The fraction of sp³-hybridized carbons (Fsp3) is 0.433. The summed E-state index contributed by atoms with van der Waals surface area (Å²) in [6.07, 6.45) is 2.75. The SMILES string of the molecule is O=C(NCCCOCCOCCOCCOCCN1C(=O)C=CC1=O)OCC1c2ccccc2-c2ccccc21. The number of nitrogens with zero attached hydrogens (tertiary/aromatic N) is 1. The Balaban J connectivity index is 0.928. The minimum atomic E-state index is -0.426. The van der Waals surface area contributed by atoms with Crippen LogP contribution in [0.25, 0.3) is 11.1 Å². The summed E-state index contributed by atoms with van der Waals surface area (Å²) in [5.74, 6) is -0.573. The molecule has 0 saturated heterocycles. The summed E-state index contributed by atoms with van der Waals surface area (Å²) in [4.78, 5) is 36.1. The molecule has 2 aromatic rings. The molecule has 3 amide bonds. The fourth-order valence-corrected chi connectivity index (χ4v) is 4.58. The number of nitrogens with one attached hydrogen (secondary N) is 1. The third kappa shape index (κ3) is 8.46. The fourth-order valence-electron chi connectivity index (χ4n) is 4.58. The molecule has 40 heavy (non-hydrogen) atoms. The molecule has 1 aliphatic heterocycles. The van der Waals surface area contributed by atoms with E-state index in [1.807, 2.05) is 24.3 Å². The Kier molecular flexibility index (Phi) is 11.7. The highest BCUT2D eigenvalue weighted by molar-refractivity contribution is 6.12. The number of carbonyl (C=O) groups excluding carboxylic acids is 3. The second kappa shape index (κ2) is 15.9. The summed E-state index contributed by atoms with van der Waals surface area (Å²) in [7, 11) is 0. The molecule has 0 fully saturated rings. The molecule has 10 nitrogen and oxygen atoms in total. The number of benzene rings is 2. The maximum Gasteiger partial charge on any atom is 0.407 e. The summed E-state index contributed by atoms with van der Waals surface area (Å²) in [6.45, 7) is 4.33. The average Bonchev–Trinajstić information content (AvgIpc) is 3.47. The van der Waals surface area contributed by atoms with Crippen LogP contribution in [0.3, 0.4) is 0 Å². The average molecular weight is 553 g/mol. The minimum absolute atomic E-state index is 0.0453. The van der Waals surface area contributed by atoms with E-state index in [1.165, 1.54) is 34.4 Å². The Bertz CT molecular complexity index is 1100. The highest BCUT2D eigenvalue weighted by Crippen LogP contribution is 2.44. The van der Waals surface area contributed by atoms with Crippen molar-refractivity contribution in [3.05, 3.63) is 71.8 Å². The van der Waals surface area contributed by atoms with Crippen molar-refractivity contribution in [1.29, 1.82) is 0 Å². The maximum absolute atomic E-state index is 12.2. The molecular weight excluding hydrogens is 516 g/mol. The van der Waals surface area contributed by atoms with E-state index in [1.54, 1.807) is 0 Å². The summed E-state index contributed by atoms with van der Waals surface area (Å²) in [5.41, 5.74) is 4.78. The molecule has 0 aromatic heterocycles. The van der Waals surface area contributed by atoms with Gasteiger partial charge in [0.05, 0.1) is 52.8 Å². The molecule has 2 aliphatic rings. The highest BCUT2D eigenvalue weighted by atomic mass is 16.6. The van der Waals surface area contributed by atoms with Gasteiger partial charge in [-0.1, -0.05) is 48.5 Å². The second-order valence-corrected chi connectivity index (χ2v) is 9.22. The van der Waals surface area contributed by atoms with Crippen LogP contribution in [0.5, 0.6) is 0 Å². The van der Waals surface area contributed by atoms with Gasteiger partial charge in [0.2, 0.25) is 0 Å². The van der Waals surface area contributed by atoms with Crippen molar-refractivity contribution in [2.45, 2.75) is 12.3 Å². The van der Waals surface area contributed by atoms with Crippen LogP contribution in [-0.2, 0) is 33.3 Å². The van der Waals surface area contributed by atoms with E-state index in [-0.39, 0.29) is 30.9 Å².